The second-order valence-corrected chi connectivity index (χ2v) is 7.25. The number of aryl methyl sites for hydroxylation is 1. The first kappa shape index (κ1) is 19.3. The van der Waals surface area contributed by atoms with Crippen LogP contribution in [0, 0.1) is 6.92 Å². The SMILES string of the molecule is Cc1cc2c(C3CCN(C(=O)c4ccc(OC(F)(F)F)cc4)CC3)ccnc2[nH]1. The summed E-state index contributed by atoms with van der Waals surface area (Å²) in [6.45, 7) is 3.19. The summed E-state index contributed by atoms with van der Waals surface area (Å²) in [6, 6.07) is 9.19. The molecule has 8 heteroatoms. The number of carbonyl (C=O) groups is 1. The predicted molar refractivity (Wildman–Crippen MR) is 102 cm³/mol. The zero-order valence-corrected chi connectivity index (χ0v) is 15.8. The molecule has 0 atom stereocenters. The molecule has 2 aromatic heterocycles. The van der Waals surface area contributed by atoms with E-state index in [2.05, 4.69) is 20.8 Å². The van der Waals surface area contributed by atoms with E-state index in [1.165, 1.54) is 17.7 Å². The maximum atomic E-state index is 12.7. The van der Waals surface area contributed by atoms with Gasteiger partial charge in [0.1, 0.15) is 11.4 Å². The molecule has 1 aliphatic heterocycles. The zero-order chi connectivity index (χ0) is 20.6. The number of fused-ring (bicyclic) bond motifs is 1. The summed E-state index contributed by atoms with van der Waals surface area (Å²) in [5, 5.41) is 1.12. The number of ether oxygens (including phenoxy) is 1. The van der Waals surface area contributed by atoms with Crippen LogP contribution in [0.3, 0.4) is 0 Å². The van der Waals surface area contributed by atoms with Gasteiger partial charge in [-0.15, -0.1) is 13.2 Å². The number of hydrogen-bond donors (Lipinski definition) is 1. The second kappa shape index (κ2) is 7.42. The molecule has 152 valence electrons. The van der Waals surface area contributed by atoms with E-state index in [1.54, 1.807) is 11.1 Å². The van der Waals surface area contributed by atoms with Crippen molar-refractivity contribution in [3.8, 4) is 5.75 Å². The molecule has 1 fully saturated rings. The molecular weight excluding hydrogens is 383 g/mol. The number of amides is 1. The van der Waals surface area contributed by atoms with Crippen molar-refractivity contribution < 1.29 is 22.7 Å². The fraction of sp³-hybridized carbons (Fsp3) is 0.333. The van der Waals surface area contributed by atoms with Crippen LogP contribution in [-0.4, -0.2) is 40.2 Å². The summed E-state index contributed by atoms with van der Waals surface area (Å²) in [4.78, 5) is 22.1. The molecule has 3 aromatic rings. The number of piperidine rings is 1. The molecule has 0 radical (unpaired) electrons. The van der Waals surface area contributed by atoms with Gasteiger partial charge in [0.05, 0.1) is 0 Å². The summed E-state index contributed by atoms with van der Waals surface area (Å²) in [7, 11) is 0. The number of pyridine rings is 1. The summed E-state index contributed by atoms with van der Waals surface area (Å²) in [5.74, 6) is -0.182. The first-order chi connectivity index (χ1) is 13.8. The van der Waals surface area contributed by atoms with Crippen molar-refractivity contribution in [1.29, 1.82) is 0 Å². The van der Waals surface area contributed by atoms with Gasteiger partial charge in [0.25, 0.3) is 5.91 Å². The van der Waals surface area contributed by atoms with Gasteiger partial charge in [-0.05, 0) is 67.6 Å². The lowest BCUT2D eigenvalue weighted by Gasteiger charge is -2.32. The zero-order valence-electron chi connectivity index (χ0n) is 15.8. The lowest BCUT2D eigenvalue weighted by atomic mass is 9.88. The minimum absolute atomic E-state index is 0.181. The van der Waals surface area contributed by atoms with E-state index in [9.17, 15) is 18.0 Å². The molecule has 1 N–H and O–H groups in total. The molecule has 29 heavy (non-hydrogen) atoms. The summed E-state index contributed by atoms with van der Waals surface area (Å²) in [6.07, 6.45) is -1.30. The van der Waals surface area contributed by atoms with Gasteiger partial charge < -0.3 is 14.6 Å². The standard InChI is InChI=1S/C21H20F3N3O2/c1-13-12-18-17(6-9-25-19(18)26-13)14-7-10-27(11-8-14)20(28)15-2-4-16(5-3-15)29-21(22,23)24/h2-6,9,12,14H,7-8,10-11H2,1H3,(H,25,26). The number of carbonyl (C=O) groups excluding carboxylic acids is 1. The van der Waals surface area contributed by atoms with Crippen molar-refractivity contribution in [2.75, 3.05) is 13.1 Å². The topological polar surface area (TPSA) is 58.2 Å². The molecule has 0 aliphatic carbocycles. The third-order valence-electron chi connectivity index (χ3n) is 5.26. The Morgan fingerprint density at radius 1 is 1.17 bits per heavy atom. The highest BCUT2D eigenvalue weighted by Gasteiger charge is 2.31. The molecular formula is C21H20F3N3O2. The first-order valence-corrected chi connectivity index (χ1v) is 9.39. The van der Waals surface area contributed by atoms with Gasteiger partial charge in [-0.25, -0.2) is 4.98 Å². The molecule has 0 unspecified atom stereocenters. The molecule has 1 saturated heterocycles. The van der Waals surface area contributed by atoms with E-state index < -0.39 is 6.36 Å². The average molecular weight is 403 g/mol. The number of nitrogens with one attached hydrogen (secondary N) is 1. The average Bonchev–Trinajstić information content (AvgIpc) is 3.07. The van der Waals surface area contributed by atoms with Gasteiger partial charge in [-0.2, -0.15) is 0 Å². The van der Waals surface area contributed by atoms with Crippen LogP contribution in [-0.2, 0) is 0 Å². The highest BCUT2D eigenvalue weighted by atomic mass is 19.4. The van der Waals surface area contributed by atoms with E-state index in [-0.39, 0.29) is 11.7 Å². The summed E-state index contributed by atoms with van der Waals surface area (Å²) >= 11 is 0. The highest BCUT2D eigenvalue weighted by Crippen LogP contribution is 2.33. The monoisotopic (exact) mass is 403 g/mol. The van der Waals surface area contributed by atoms with E-state index in [0.29, 0.717) is 24.6 Å². The molecule has 1 aromatic carbocycles. The van der Waals surface area contributed by atoms with Gasteiger partial charge in [0.15, 0.2) is 0 Å². The number of hydrogen-bond acceptors (Lipinski definition) is 3. The van der Waals surface area contributed by atoms with Crippen LogP contribution < -0.4 is 4.74 Å². The van der Waals surface area contributed by atoms with E-state index in [4.69, 9.17) is 0 Å². The quantitative estimate of drug-likeness (QED) is 0.684. The van der Waals surface area contributed by atoms with E-state index >= 15 is 0 Å². The van der Waals surface area contributed by atoms with Crippen LogP contribution >= 0.6 is 0 Å². The summed E-state index contributed by atoms with van der Waals surface area (Å²) < 4.78 is 40.6. The molecule has 5 nitrogen and oxygen atoms in total. The Bertz CT molecular complexity index is 1020. The number of aromatic amines is 1. The molecule has 0 bridgehead atoms. The smallest absolute Gasteiger partial charge is 0.406 e. The number of alkyl halides is 3. The van der Waals surface area contributed by atoms with Crippen LogP contribution in [0.25, 0.3) is 11.0 Å². The van der Waals surface area contributed by atoms with Crippen molar-refractivity contribution in [3.63, 3.8) is 0 Å². The number of aromatic nitrogens is 2. The molecule has 0 saturated carbocycles. The minimum Gasteiger partial charge on any atom is -0.406 e. The maximum absolute atomic E-state index is 12.7. The fourth-order valence-electron chi connectivity index (χ4n) is 3.91. The normalized spacial score (nSPS) is 15.7. The van der Waals surface area contributed by atoms with Gasteiger partial charge in [-0.3, -0.25) is 4.79 Å². The molecule has 4 rings (SSSR count). The number of benzene rings is 1. The van der Waals surface area contributed by atoms with Gasteiger partial charge in [-0.1, -0.05) is 0 Å². The lowest BCUT2D eigenvalue weighted by Crippen LogP contribution is -2.37. The van der Waals surface area contributed by atoms with Gasteiger partial charge in [0, 0.05) is 35.9 Å². The Labute approximate surface area is 165 Å². The second-order valence-electron chi connectivity index (χ2n) is 7.25. The largest absolute Gasteiger partial charge is 0.573 e. The Balaban J connectivity index is 1.42. The maximum Gasteiger partial charge on any atom is 0.573 e. The van der Waals surface area contributed by atoms with Crippen LogP contribution in [0.2, 0.25) is 0 Å². The minimum atomic E-state index is -4.75. The van der Waals surface area contributed by atoms with Crippen LogP contribution in [0.5, 0.6) is 5.75 Å². The molecule has 1 aliphatic rings. The van der Waals surface area contributed by atoms with Crippen molar-refractivity contribution >= 4 is 16.9 Å². The van der Waals surface area contributed by atoms with Crippen molar-refractivity contribution in [2.24, 2.45) is 0 Å². The Morgan fingerprint density at radius 3 is 2.52 bits per heavy atom. The number of rotatable bonds is 3. The number of halogens is 3. The van der Waals surface area contributed by atoms with Crippen LogP contribution in [0.4, 0.5) is 13.2 Å². The lowest BCUT2D eigenvalue weighted by molar-refractivity contribution is -0.274. The van der Waals surface area contributed by atoms with Crippen LogP contribution in [0.15, 0.2) is 42.6 Å². The first-order valence-electron chi connectivity index (χ1n) is 9.39. The fourth-order valence-corrected chi connectivity index (χ4v) is 3.91. The Hall–Kier alpha value is -3.03. The number of H-pyrrole nitrogens is 1. The van der Waals surface area contributed by atoms with E-state index in [1.807, 2.05) is 13.0 Å². The highest BCUT2D eigenvalue weighted by molar-refractivity contribution is 5.94. The molecule has 0 spiro atoms. The third kappa shape index (κ3) is 4.21. The number of likely N-dealkylation sites (tertiary alicyclic amines) is 1. The summed E-state index contributed by atoms with van der Waals surface area (Å²) in [5.41, 5.74) is 3.52. The van der Waals surface area contributed by atoms with Crippen molar-refractivity contribution in [3.05, 3.63) is 59.4 Å². The molecule has 3 heterocycles. The Kier molecular flexibility index (Phi) is 4.94. The third-order valence-corrected chi connectivity index (χ3v) is 5.26. The van der Waals surface area contributed by atoms with Crippen molar-refractivity contribution in [1.82, 2.24) is 14.9 Å². The van der Waals surface area contributed by atoms with E-state index in [0.717, 1.165) is 41.7 Å². The van der Waals surface area contributed by atoms with Gasteiger partial charge in [0.2, 0.25) is 0 Å². The molecule has 1 amide bonds. The van der Waals surface area contributed by atoms with Gasteiger partial charge >= 0.3 is 6.36 Å². The number of nitrogens with zero attached hydrogens (tertiary/aromatic N) is 2. The Morgan fingerprint density at radius 2 is 1.86 bits per heavy atom. The van der Waals surface area contributed by atoms with Crippen LogP contribution in [0.1, 0.15) is 40.4 Å². The van der Waals surface area contributed by atoms with Crippen molar-refractivity contribution in [2.45, 2.75) is 32.0 Å². The predicted octanol–water partition coefficient (Wildman–Crippen LogP) is 4.79.